The molecule has 2 aliphatic rings. The fraction of sp³-hybridized carbons (Fsp3) is 0.370. The SMILES string of the molecule is NC(=O)C1[C@@H]2CN(C(=O)c3cnn(-c4ccccc4)c3C(F)(F)F)CC2CN1CCCc1ccccc1. The number of alkyl halides is 3. The average molecular weight is 512 g/mol. The van der Waals surface area contributed by atoms with Crippen LogP contribution in [0.25, 0.3) is 5.69 Å². The van der Waals surface area contributed by atoms with Crippen LogP contribution in [0, 0.1) is 11.8 Å². The molecule has 2 saturated heterocycles. The van der Waals surface area contributed by atoms with E-state index in [1.807, 2.05) is 18.2 Å². The molecule has 10 heteroatoms. The Morgan fingerprint density at radius 1 is 0.973 bits per heavy atom. The van der Waals surface area contributed by atoms with Gasteiger partial charge in [0.1, 0.15) is 0 Å². The third-order valence-corrected chi connectivity index (χ3v) is 7.36. The highest BCUT2D eigenvalue weighted by Gasteiger charge is 2.51. The Morgan fingerprint density at radius 3 is 2.30 bits per heavy atom. The van der Waals surface area contributed by atoms with Gasteiger partial charge in [0.15, 0.2) is 5.69 Å². The standard InChI is InChI=1S/C27H28F3N5O2/c28-27(29,30)24-21(14-32-35(24)20-11-5-2-6-12-20)26(37)34-16-19-15-33(23(25(31)36)22(19)17-34)13-7-10-18-8-3-1-4-9-18/h1-6,8-9,11-12,14,19,22-23H,7,10,13,15-17H2,(H2,31,36)/t19?,22-,23?/m1/s1. The van der Waals surface area contributed by atoms with Crippen molar-refractivity contribution < 1.29 is 22.8 Å². The quantitative estimate of drug-likeness (QED) is 0.527. The summed E-state index contributed by atoms with van der Waals surface area (Å²) in [6.07, 6.45) is -2.08. The van der Waals surface area contributed by atoms with Gasteiger partial charge in [0.05, 0.1) is 23.5 Å². The van der Waals surface area contributed by atoms with Gasteiger partial charge in [-0.05, 0) is 43.0 Å². The molecule has 3 heterocycles. The molecule has 2 amide bonds. The summed E-state index contributed by atoms with van der Waals surface area (Å²) in [5, 5.41) is 3.90. The van der Waals surface area contributed by atoms with Gasteiger partial charge in [-0.3, -0.25) is 14.5 Å². The van der Waals surface area contributed by atoms with Crippen molar-refractivity contribution in [2.24, 2.45) is 17.6 Å². The van der Waals surface area contributed by atoms with Crippen molar-refractivity contribution >= 4 is 11.8 Å². The molecule has 2 fully saturated rings. The van der Waals surface area contributed by atoms with Crippen LogP contribution in [0.2, 0.25) is 0 Å². The maximum atomic E-state index is 14.1. The molecule has 3 atom stereocenters. The van der Waals surface area contributed by atoms with E-state index in [0.29, 0.717) is 13.1 Å². The molecule has 2 unspecified atom stereocenters. The number of hydrogen-bond donors (Lipinski definition) is 1. The summed E-state index contributed by atoms with van der Waals surface area (Å²) in [5.41, 5.74) is 5.60. The summed E-state index contributed by atoms with van der Waals surface area (Å²) in [6.45, 7) is 1.72. The number of carbonyl (C=O) groups excluding carboxylic acids is 2. The first-order chi connectivity index (χ1) is 17.7. The zero-order valence-electron chi connectivity index (χ0n) is 20.1. The molecule has 2 aromatic carbocycles. The lowest BCUT2D eigenvalue weighted by Gasteiger charge is -2.27. The number of primary amides is 1. The second-order valence-corrected chi connectivity index (χ2v) is 9.72. The van der Waals surface area contributed by atoms with E-state index in [2.05, 4.69) is 22.1 Å². The van der Waals surface area contributed by atoms with E-state index in [0.717, 1.165) is 23.7 Å². The molecular formula is C27H28F3N5O2. The fourth-order valence-electron chi connectivity index (χ4n) is 5.76. The lowest BCUT2D eigenvalue weighted by Crippen LogP contribution is -2.46. The van der Waals surface area contributed by atoms with Crippen molar-refractivity contribution in [3.8, 4) is 5.69 Å². The van der Waals surface area contributed by atoms with E-state index >= 15 is 0 Å². The summed E-state index contributed by atoms with van der Waals surface area (Å²) in [7, 11) is 0. The Kier molecular flexibility index (Phi) is 6.76. The smallest absolute Gasteiger partial charge is 0.368 e. The first-order valence-corrected chi connectivity index (χ1v) is 12.3. The van der Waals surface area contributed by atoms with Crippen molar-refractivity contribution in [1.29, 1.82) is 0 Å². The van der Waals surface area contributed by atoms with Crippen molar-refractivity contribution in [1.82, 2.24) is 19.6 Å². The van der Waals surface area contributed by atoms with Gasteiger partial charge in [0.2, 0.25) is 5.91 Å². The number of nitrogens with two attached hydrogens (primary N) is 1. The van der Waals surface area contributed by atoms with Crippen LogP contribution in [0.4, 0.5) is 13.2 Å². The van der Waals surface area contributed by atoms with Crippen LogP contribution in [-0.4, -0.2) is 63.6 Å². The Balaban J connectivity index is 1.30. The molecule has 0 spiro atoms. The minimum atomic E-state index is -4.78. The lowest BCUT2D eigenvalue weighted by molar-refractivity contribution is -0.143. The first kappa shape index (κ1) is 25.0. The number of amides is 2. The highest BCUT2D eigenvalue weighted by molar-refractivity contribution is 5.96. The maximum Gasteiger partial charge on any atom is 0.434 e. The van der Waals surface area contributed by atoms with Crippen LogP contribution in [0.5, 0.6) is 0 Å². The molecule has 1 aromatic heterocycles. The van der Waals surface area contributed by atoms with Crippen molar-refractivity contribution in [2.45, 2.75) is 25.1 Å². The number of carbonyl (C=O) groups is 2. The van der Waals surface area contributed by atoms with E-state index in [1.54, 1.807) is 18.2 Å². The van der Waals surface area contributed by atoms with Crippen molar-refractivity contribution in [3.05, 3.63) is 83.7 Å². The number of rotatable bonds is 7. The Bertz CT molecular complexity index is 1260. The van der Waals surface area contributed by atoms with Gasteiger partial charge in [-0.1, -0.05) is 48.5 Å². The van der Waals surface area contributed by atoms with Gasteiger partial charge in [-0.15, -0.1) is 0 Å². The predicted molar refractivity (Wildman–Crippen MR) is 131 cm³/mol. The average Bonchev–Trinajstić information content (AvgIpc) is 3.57. The van der Waals surface area contributed by atoms with E-state index in [1.165, 1.54) is 22.6 Å². The van der Waals surface area contributed by atoms with Gasteiger partial charge in [0.25, 0.3) is 5.91 Å². The van der Waals surface area contributed by atoms with Crippen molar-refractivity contribution in [2.75, 3.05) is 26.2 Å². The lowest BCUT2D eigenvalue weighted by atomic mass is 9.94. The van der Waals surface area contributed by atoms with Crippen LogP contribution < -0.4 is 5.73 Å². The molecule has 0 radical (unpaired) electrons. The van der Waals surface area contributed by atoms with Gasteiger partial charge < -0.3 is 10.6 Å². The maximum absolute atomic E-state index is 14.1. The van der Waals surface area contributed by atoms with Gasteiger partial charge in [-0.2, -0.15) is 18.3 Å². The number of fused-ring (bicyclic) bond motifs is 1. The molecular weight excluding hydrogens is 483 g/mol. The number of likely N-dealkylation sites (tertiary alicyclic amines) is 2. The largest absolute Gasteiger partial charge is 0.434 e. The molecule has 2 aliphatic heterocycles. The van der Waals surface area contributed by atoms with Crippen LogP contribution in [-0.2, 0) is 17.4 Å². The molecule has 5 rings (SSSR count). The zero-order chi connectivity index (χ0) is 26.2. The second kappa shape index (κ2) is 10.0. The summed E-state index contributed by atoms with van der Waals surface area (Å²) < 4.78 is 43.0. The number of aromatic nitrogens is 2. The topological polar surface area (TPSA) is 84.5 Å². The summed E-state index contributed by atoms with van der Waals surface area (Å²) in [4.78, 5) is 29.2. The molecule has 2 N–H and O–H groups in total. The number of aryl methyl sites for hydroxylation is 1. The van der Waals surface area contributed by atoms with Crippen molar-refractivity contribution in [3.63, 3.8) is 0 Å². The van der Waals surface area contributed by atoms with Crippen LogP contribution in [0.15, 0.2) is 66.9 Å². The Morgan fingerprint density at radius 2 is 1.65 bits per heavy atom. The minimum absolute atomic E-state index is 0.0309. The first-order valence-electron chi connectivity index (χ1n) is 12.3. The minimum Gasteiger partial charge on any atom is -0.368 e. The number of hydrogen-bond acceptors (Lipinski definition) is 4. The molecule has 194 valence electrons. The predicted octanol–water partition coefficient (Wildman–Crippen LogP) is 3.38. The normalized spacial score (nSPS) is 21.8. The summed E-state index contributed by atoms with van der Waals surface area (Å²) in [6, 6.07) is 17.4. The number of para-hydroxylation sites is 1. The third-order valence-electron chi connectivity index (χ3n) is 7.36. The second-order valence-electron chi connectivity index (χ2n) is 9.72. The Labute approximate surface area is 212 Å². The Hall–Kier alpha value is -3.66. The molecule has 7 nitrogen and oxygen atoms in total. The third kappa shape index (κ3) is 4.98. The molecule has 3 aromatic rings. The van der Waals surface area contributed by atoms with Gasteiger partial charge in [0, 0.05) is 25.6 Å². The molecule has 37 heavy (non-hydrogen) atoms. The van der Waals surface area contributed by atoms with E-state index in [9.17, 15) is 22.8 Å². The molecule has 0 bridgehead atoms. The highest BCUT2D eigenvalue weighted by atomic mass is 19.4. The van der Waals surface area contributed by atoms with E-state index in [4.69, 9.17) is 5.73 Å². The number of halogens is 3. The number of nitrogens with zero attached hydrogens (tertiary/aromatic N) is 4. The van der Waals surface area contributed by atoms with E-state index < -0.39 is 35.3 Å². The van der Waals surface area contributed by atoms with Gasteiger partial charge in [-0.25, -0.2) is 4.68 Å². The zero-order valence-corrected chi connectivity index (χ0v) is 20.1. The highest BCUT2D eigenvalue weighted by Crippen LogP contribution is 2.39. The molecule has 0 aliphatic carbocycles. The monoisotopic (exact) mass is 511 g/mol. The van der Waals surface area contributed by atoms with Gasteiger partial charge >= 0.3 is 6.18 Å². The van der Waals surface area contributed by atoms with Crippen LogP contribution in [0.3, 0.4) is 0 Å². The van der Waals surface area contributed by atoms with Crippen LogP contribution >= 0.6 is 0 Å². The fourth-order valence-corrected chi connectivity index (χ4v) is 5.76. The molecule has 0 saturated carbocycles. The van der Waals surface area contributed by atoms with E-state index in [-0.39, 0.29) is 30.6 Å². The summed E-state index contributed by atoms with van der Waals surface area (Å²) in [5.74, 6) is -1.44. The van der Waals surface area contributed by atoms with Crippen LogP contribution in [0.1, 0.15) is 28.0 Å². The summed E-state index contributed by atoms with van der Waals surface area (Å²) >= 11 is 0. The number of benzene rings is 2.